The SMILES string of the molecule is CN1C(=O)[C@@](O)(CC(=O)c2cccc(-n3cccc3)c2)c2ccccc21. The summed E-state index contributed by atoms with van der Waals surface area (Å²) in [5.74, 6) is -0.756. The molecule has 5 nitrogen and oxygen atoms in total. The number of benzene rings is 2. The van der Waals surface area contributed by atoms with Gasteiger partial charge in [-0.2, -0.15) is 0 Å². The average molecular weight is 346 g/mol. The van der Waals surface area contributed by atoms with Crippen molar-refractivity contribution in [1.29, 1.82) is 0 Å². The van der Waals surface area contributed by atoms with E-state index in [-0.39, 0.29) is 12.2 Å². The van der Waals surface area contributed by atoms with Gasteiger partial charge in [0.1, 0.15) is 0 Å². The van der Waals surface area contributed by atoms with Crippen molar-refractivity contribution in [1.82, 2.24) is 4.57 Å². The summed E-state index contributed by atoms with van der Waals surface area (Å²) in [7, 11) is 1.61. The number of carbonyl (C=O) groups is 2. The minimum atomic E-state index is -1.83. The topological polar surface area (TPSA) is 62.5 Å². The molecule has 0 aliphatic carbocycles. The van der Waals surface area contributed by atoms with E-state index < -0.39 is 11.5 Å². The number of anilines is 1. The van der Waals surface area contributed by atoms with Gasteiger partial charge in [0.15, 0.2) is 11.4 Å². The fourth-order valence-corrected chi connectivity index (χ4v) is 3.47. The number of ketones is 1. The molecular formula is C21H18N2O3. The summed E-state index contributed by atoms with van der Waals surface area (Å²) in [6, 6.07) is 18.0. The van der Waals surface area contributed by atoms with Crippen LogP contribution in [0.25, 0.3) is 5.69 Å². The lowest BCUT2D eigenvalue weighted by atomic mass is 9.88. The van der Waals surface area contributed by atoms with Gasteiger partial charge in [-0.15, -0.1) is 0 Å². The van der Waals surface area contributed by atoms with E-state index in [0.29, 0.717) is 16.8 Å². The van der Waals surface area contributed by atoms with Gasteiger partial charge in [-0.3, -0.25) is 9.59 Å². The third-order valence-electron chi connectivity index (χ3n) is 4.86. The molecule has 2 aromatic carbocycles. The van der Waals surface area contributed by atoms with E-state index in [9.17, 15) is 14.7 Å². The first-order valence-electron chi connectivity index (χ1n) is 8.37. The van der Waals surface area contributed by atoms with Crippen LogP contribution >= 0.6 is 0 Å². The molecule has 1 atom stereocenters. The highest BCUT2D eigenvalue weighted by atomic mass is 16.3. The monoisotopic (exact) mass is 346 g/mol. The first-order chi connectivity index (χ1) is 12.5. The molecule has 5 heteroatoms. The third-order valence-corrected chi connectivity index (χ3v) is 4.86. The maximum Gasteiger partial charge on any atom is 0.263 e. The number of aromatic nitrogens is 1. The Morgan fingerprint density at radius 2 is 1.77 bits per heavy atom. The Hall–Kier alpha value is -3.18. The van der Waals surface area contributed by atoms with Crippen LogP contribution in [0.15, 0.2) is 73.1 Å². The van der Waals surface area contributed by atoms with Crippen LogP contribution in [0.5, 0.6) is 0 Å². The summed E-state index contributed by atoms with van der Waals surface area (Å²) < 4.78 is 1.90. The predicted octanol–water partition coefficient (Wildman–Crippen LogP) is 2.91. The van der Waals surface area contributed by atoms with E-state index in [1.54, 1.807) is 49.5 Å². The normalized spacial score (nSPS) is 18.8. The lowest BCUT2D eigenvalue weighted by Crippen LogP contribution is -2.40. The number of likely N-dealkylation sites (N-methyl/N-ethyl adjacent to an activating group) is 1. The highest BCUT2D eigenvalue weighted by Gasteiger charge is 2.49. The summed E-state index contributed by atoms with van der Waals surface area (Å²) in [6.45, 7) is 0. The third kappa shape index (κ3) is 2.45. The van der Waals surface area contributed by atoms with Crippen LogP contribution in [0.2, 0.25) is 0 Å². The molecule has 1 aliphatic heterocycles. The van der Waals surface area contributed by atoms with Gasteiger partial charge in [-0.1, -0.05) is 30.3 Å². The Morgan fingerprint density at radius 3 is 2.54 bits per heavy atom. The number of Topliss-reactive ketones (excluding diaryl/α,β-unsaturated/α-hetero) is 1. The molecule has 2 heterocycles. The summed E-state index contributed by atoms with van der Waals surface area (Å²) in [5, 5.41) is 11.1. The highest BCUT2D eigenvalue weighted by molar-refractivity contribution is 6.10. The molecule has 0 bridgehead atoms. The lowest BCUT2D eigenvalue weighted by molar-refractivity contribution is -0.135. The molecule has 1 aliphatic rings. The van der Waals surface area contributed by atoms with Crippen molar-refractivity contribution in [2.24, 2.45) is 0 Å². The molecule has 0 saturated heterocycles. The van der Waals surface area contributed by atoms with Gasteiger partial charge >= 0.3 is 0 Å². The van der Waals surface area contributed by atoms with E-state index >= 15 is 0 Å². The summed E-state index contributed by atoms with van der Waals surface area (Å²) >= 11 is 0. The largest absolute Gasteiger partial charge is 0.375 e. The van der Waals surface area contributed by atoms with Crippen molar-refractivity contribution in [2.75, 3.05) is 11.9 Å². The molecule has 26 heavy (non-hydrogen) atoms. The highest BCUT2D eigenvalue weighted by Crippen LogP contribution is 2.41. The minimum Gasteiger partial charge on any atom is -0.375 e. The first-order valence-corrected chi connectivity index (χ1v) is 8.37. The van der Waals surface area contributed by atoms with Gasteiger partial charge in [0, 0.05) is 36.3 Å². The van der Waals surface area contributed by atoms with Gasteiger partial charge < -0.3 is 14.6 Å². The van der Waals surface area contributed by atoms with Gasteiger partial charge in [0.05, 0.1) is 12.1 Å². The molecule has 0 fully saturated rings. The van der Waals surface area contributed by atoms with Crippen molar-refractivity contribution < 1.29 is 14.7 Å². The van der Waals surface area contributed by atoms with Crippen molar-refractivity contribution in [3.8, 4) is 5.69 Å². The Kier molecular flexibility index (Phi) is 3.74. The van der Waals surface area contributed by atoms with Crippen molar-refractivity contribution >= 4 is 17.4 Å². The number of fused-ring (bicyclic) bond motifs is 1. The van der Waals surface area contributed by atoms with Crippen LogP contribution in [0, 0.1) is 0 Å². The number of carbonyl (C=O) groups excluding carboxylic acids is 2. The van der Waals surface area contributed by atoms with E-state index in [1.807, 2.05) is 35.2 Å². The molecule has 3 aromatic rings. The van der Waals surface area contributed by atoms with E-state index in [2.05, 4.69) is 0 Å². The van der Waals surface area contributed by atoms with Crippen molar-refractivity contribution in [3.05, 3.63) is 84.2 Å². The van der Waals surface area contributed by atoms with Crippen LogP contribution in [0.1, 0.15) is 22.3 Å². The fourth-order valence-electron chi connectivity index (χ4n) is 3.47. The number of nitrogens with zero attached hydrogens (tertiary/aromatic N) is 2. The summed E-state index contributed by atoms with van der Waals surface area (Å²) in [6.07, 6.45) is 3.49. The quantitative estimate of drug-likeness (QED) is 0.739. The zero-order chi connectivity index (χ0) is 18.3. The maximum atomic E-state index is 12.8. The summed E-state index contributed by atoms with van der Waals surface area (Å²) in [4.78, 5) is 26.9. The zero-order valence-corrected chi connectivity index (χ0v) is 14.3. The summed E-state index contributed by atoms with van der Waals surface area (Å²) in [5.41, 5.74) is 0.593. The molecular weight excluding hydrogens is 328 g/mol. The molecule has 0 saturated carbocycles. The van der Waals surface area contributed by atoms with Gasteiger partial charge in [-0.05, 0) is 30.3 Å². The average Bonchev–Trinajstić information content (AvgIpc) is 3.26. The molecule has 4 rings (SSSR count). The van der Waals surface area contributed by atoms with Crippen LogP contribution in [-0.2, 0) is 10.4 Å². The second kappa shape index (κ2) is 5.97. The Balaban J connectivity index is 1.67. The van der Waals surface area contributed by atoms with E-state index in [1.165, 1.54) is 4.90 Å². The van der Waals surface area contributed by atoms with E-state index in [4.69, 9.17) is 0 Å². The number of amides is 1. The maximum absolute atomic E-state index is 12.8. The lowest BCUT2D eigenvalue weighted by Gasteiger charge is -2.21. The smallest absolute Gasteiger partial charge is 0.263 e. The van der Waals surface area contributed by atoms with E-state index in [0.717, 1.165) is 5.69 Å². The first kappa shape index (κ1) is 16.3. The fraction of sp³-hybridized carbons (Fsp3) is 0.143. The molecule has 1 aromatic heterocycles. The molecule has 1 amide bonds. The standard InChI is InChI=1S/C21H18N2O3/c1-22-18-10-3-2-9-17(18)21(26,20(22)25)14-19(24)15-7-6-8-16(13-15)23-11-4-5-12-23/h2-13,26H,14H2,1H3/t21-/m1/s1. The van der Waals surface area contributed by atoms with Crippen LogP contribution < -0.4 is 4.90 Å². The molecule has 0 radical (unpaired) electrons. The Morgan fingerprint density at radius 1 is 1.04 bits per heavy atom. The van der Waals surface area contributed by atoms with Crippen LogP contribution in [-0.4, -0.2) is 28.4 Å². The number of hydrogen-bond donors (Lipinski definition) is 1. The molecule has 0 spiro atoms. The molecule has 130 valence electrons. The second-order valence-electron chi connectivity index (χ2n) is 6.48. The molecule has 1 N–H and O–H groups in total. The number of hydrogen-bond acceptors (Lipinski definition) is 3. The number of para-hydroxylation sites is 1. The second-order valence-corrected chi connectivity index (χ2v) is 6.48. The Bertz CT molecular complexity index is 994. The zero-order valence-electron chi connectivity index (χ0n) is 14.3. The predicted molar refractivity (Wildman–Crippen MR) is 98.5 cm³/mol. The Labute approximate surface area is 151 Å². The van der Waals surface area contributed by atoms with Gasteiger partial charge in [0.25, 0.3) is 5.91 Å². The van der Waals surface area contributed by atoms with Crippen molar-refractivity contribution in [2.45, 2.75) is 12.0 Å². The molecule has 0 unspecified atom stereocenters. The number of aliphatic hydroxyl groups is 1. The van der Waals surface area contributed by atoms with Crippen molar-refractivity contribution in [3.63, 3.8) is 0 Å². The van der Waals surface area contributed by atoms with Crippen LogP contribution in [0.4, 0.5) is 5.69 Å². The minimum absolute atomic E-state index is 0.278. The number of rotatable bonds is 4. The van der Waals surface area contributed by atoms with Gasteiger partial charge in [-0.25, -0.2) is 0 Å². The van der Waals surface area contributed by atoms with Gasteiger partial charge in [0.2, 0.25) is 0 Å². The van der Waals surface area contributed by atoms with Crippen LogP contribution in [0.3, 0.4) is 0 Å².